The van der Waals surface area contributed by atoms with Crippen molar-refractivity contribution in [3.8, 4) is 0 Å². The summed E-state index contributed by atoms with van der Waals surface area (Å²) in [5.74, 6) is 1.11. The molecule has 2 aliphatic carbocycles. The van der Waals surface area contributed by atoms with Crippen molar-refractivity contribution in [3.63, 3.8) is 0 Å². The summed E-state index contributed by atoms with van der Waals surface area (Å²) in [6, 6.07) is 2.70. The Kier molecular flexibility index (Phi) is 5.50. The third-order valence-corrected chi connectivity index (χ3v) is 5.88. The van der Waals surface area contributed by atoms with Crippen LogP contribution in [0.3, 0.4) is 0 Å². The standard InChI is InChI=1S/C19H21ClF3N5O/c20-16-8-5-13(19(21,22)23)9-15(16)18(29)24-14-6-1-11(2-7-14)10-28-26-17(25-27-28)12-3-4-12/h5,8-9,11-12,14H,1-4,6-7,10H2,(H,24,29)/t11-,14-. The van der Waals surface area contributed by atoms with Crippen molar-refractivity contribution >= 4 is 17.5 Å². The Labute approximate surface area is 170 Å². The van der Waals surface area contributed by atoms with Crippen LogP contribution in [-0.2, 0) is 12.7 Å². The van der Waals surface area contributed by atoms with Crippen LogP contribution in [0.4, 0.5) is 13.2 Å². The maximum Gasteiger partial charge on any atom is 0.416 e. The van der Waals surface area contributed by atoms with E-state index in [4.69, 9.17) is 11.6 Å². The van der Waals surface area contributed by atoms with Gasteiger partial charge in [0.05, 0.1) is 22.7 Å². The highest BCUT2D eigenvalue weighted by Crippen LogP contribution is 2.37. The van der Waals surface area contributed by atoms with Gasteiger partial charge in [-0.2, -0.15) is 18.0 Å². The molecular formula is C19H21ClF3N5O. The highest BCUT2D eigenvalue weighted by Gasteiger charge is 2.32. The number of halogens is 4. The van der Waals surface area contributed by atoms with E-state index in [2.05, 4.69) is 20.7 Å². The zero-order chi connectivity index (χ0) is 20.6. The fourth-order valence-electron chi connectivity index (χ4n) is 3.70. The lowest BCUT2D eigenvalue weighted by Gasteiger charge is -2.28. The molecule has 4 rings (SSSR count). The molecule has 2 aromatic rings. The van der Waals surface area contributed by atoms with Gasteiger partial charge < -0.3 is 5.32 Å². The second kappa shape index (κ2) is 7.93. The number of hydrogen-bond acceptors (Lipinski definition) is 4. The molecule has 0 aliphatic heterocycles. The summed E-state index contributed by atoms with van der Waals surface area (Å²) in [6.07, 6.45) is 0.989. The first-order valence-corrected chi connectivity index (χ1v) is 10.1. The zero-order valence-corrected chi connectivity index (χ0v) is 16.4. The first-order chi connectivity index (χ1) is 13.8. The molecule has 6 nitrogen and oxygen atoms in total. The second-order valence-corrected chi connectivity index (χ2v) is 8.27. The van der Waals surface area contributed by atoms with Crippen molar-refractivity contribution in [2.45, 2.75) is 63.2 Å². The predicted molar refractivity (Wildman–Crippen MR) is 99.5 cm³/mol. The molecule has 0 atom stereocenters. The van der Waals surface area contributed by atoms with E-state index < -0.39 is 17.6 Å². The molecule has 2 aliphatic rings. The Morgan fingerprint density at radius 1 is 1.17 bits per heavy atom. The lowest BCUT2D eigenvalue weighted by atomic mass is 9.86. The number of nitrogens with zero attached hydrogens (tertiary/aromatic N) is 4. The van der Waals surface area contributed by atoms with Crippen molar-refractivity contribution in [2.75, 3.05) is 0 Å². The van der Waals surface area contributed by atoms with Crippen LogP contribution < -0.4 is 5.32 Å². The number of aromatic nitrogens is 4. The first-order valence-electron chi connectivity index (χ1n) is 9.75. The van der Waals surface area contributed by atoms with Gasteiger partial charge in [-0.15, -0.1) is 10.2 Å². The van der Waals surface area contributed by atoms with Gasteiger partial charge in [0.25, 0.3) is 5.91 Å². The molecule has 1 aromatic heterocycles. The average Bonchev–Trinajstić information content (AvgIpc) is 3.42. The summed E-state index contributed by atoms with van der Waals surface area (Å²) in [7, 11) is 0. The fraction of sp³-hybridized carbons (Fsp3) is 0.579. The Hall–Kier alpha value is -2.16. The molecule has 0 radical (unpaired) electrons. The van der Waals surface area contributed by atoms with Gasteiger partial charge in [-0.1, -0.05) is 11.6 Å². The highest BCUT2D eigenvalue weighted by molar-refractivity contribution is 6.33. The number of benzene rings is 1. The Morgan fingerprint density at radius 2 is 1.90 bits per heavy atom. The maximum absolute atomic E-state index is 12.9. The van der Waals surface area contributed by atoms with Crippen molar-refractivity contribution in [1.82, 2.24) is 25.5 Å². The van der Waals surface area contributed by atoms with Gasteiger partial charge in [0.15, 0.2) is 5.82 Å². The molecule has 1 aromatic carbocycles. The summed E-state index contributed by atoms with van der Waals surface area (Å²) in [5.41, 5.74) is -1.04. The third kappa shape index (κ3) is 4.88. The molecule has 29 heavy (non-hydrogen) atoms. The van der Waals surface area contributed by atoms with E-state index in [-0.39, 0.29) is 16.6 Å². The summed E-state index contributed by atoms with van der Waals surface area (Å²) < 4.78 is 38.7. The Morgan fingerprint density at radius 3 is 2.55 bits per heavy atom. The molecule has 0 bridgehead atoms. The van der Waals surface area contributed by atoms with Crippen molar-refractivity contribution in [3.05, 3.63) is 40.2 Å². The van der Waals surface area contributed by atoms with Gasteiger partial charge in [0.1, 0.15) is 0 Å². The minimum atomic E-state index is -4.52. The summed E-state index contributed by atoms with van der Waals surface area (Å²) in [4.78, 5) is 14.1. The van der Waals surface area contributed by atoms with Crippen LogP contribution in [0.2, 0.25) is 5.02 Å². The topological polar surface area (TPSA) is 72.7 Å². The van der Waals surface area contributed by atoms with E-state index in [9.17, 15) is 18.0 Å². The van der Waals surface area contributed by atoms with Crippen LogP contribution in [0.25, 0.3) is 0 Å². The largest absolute Gasteiger partial charge is 0.416 e. The number of nitrogens with one attached hydrogen (secondary N) is 1. The number of tetrazole rings is 1. The van der Waals surface area contributed by atoms with E-state index in [1.165, 1.54) is 0 Å². The van der Waals surface area contributed by atoms with Crippen molar-refractivity contribution < 1.29 is 18.0 Å². The molecule has 10 heteroatoms. The number of hydrogen-bond donors (Lipinski definition) is 1. The second-order valence-electron chi connectivity index (χ2n) is 7.86. The molecule has 0 spiro atoms. The molecule has 0 saturated heterocycles. The molecule has 156 valence electrons. The molecule has 1 amide bonds. The van der Waals surface area contributed by atoms with E-state index in [1.54, 1.807) is 4.80 Å². The average molecular weight is 428 g/mol. The summed E-state index contributed by atoms with van der Waals surface area (Å²) in [5, 5.41) is 15.5. The quantitative estimate of drug-likeness (QED) is 0.775. The van der Waals surface area contributed by atoms with Crippen LogP contribution in [-0.4, -0.2) is 32.2 Å². The maximum atomic E-state index is 12.9. The highest BCUT2D eigenvalue weighted by atomic mass is 35.5. The van der Waals surface area contributed by atoms with Crippen LogP contribution in [0.1, 0.15) is 66.2 Å². The minimum Gasteiger partial charge on any atom is -0.349 e. The Balaban J connectivity index is 1.30. The first kappa shape index (κ1) is 20.1. The van der Waals surface area contributed by atoms with E-state index in [1.807, 2.05) is 0 Å². The van der Waals surface area contributed by atoms with Gasteiger partial charge in [0.2, 0.25) is 0 Å². The Bertz CT molecular complexity index is 888. The molecule has 1 N–H and O–H groups in total. The third-order valence-electron chi connectivity index (χ3n) is 5.55. The van der Waals surface area contributed by atoms with Gasteiger partial charge in [0, 0.05) is 12.0 Å². The molecule has 2 fully saturated rings. The lowest BCUT2D eigenvalue weighted by molar-refractivity contribution is -0.137. The zero-order valence-electron chi connectivity index (χ0n) is 15.6. The van der Waals surface area contributed by atoms with E-state index in [0.29, 0.717) is 18.4 Å². The van der Waals surface area contributed by atoms with Crippen molar-refractivity contribution in [2.24, 2.45) is 5.92 Å². The van der Waals surface area contributed by atoms with Gasteiger partial charge in [-0.3, -0.25) is 4.79 Å². The van der Waals surface area contributed by atoms with Gasteiger partial charge >= 0.3 is 6.18 Å². The van der Waals surface area contributed by atoms with Crippen molar-refractivity contribution in [1.29, 1.82) is 0 Å². The van der Waals surface area contributed by atoms with Crippen LogP contribution >= 0.6 is 11.6 Å². The molecular weight excluding hydrogens is 407 g/mol. The molecule has 1 heterocycles. The van der Waals surface area contributed by atoms with Crippen LogP contribution in [0.15, 0.2) is 18.2 Å². The number of carbonyl (C=O) groups excluding carboxylic acids is 1. The van der Waals surface area contributed by atoms with E-state index in [0.717, 1.165) is 62.5 Å². The van der Waals surface area contributed by atoms with Gasteiger partial charge in [-0.05, 0) is 67.9 Å². The van der Waals surface area contributed by atoms with Gasteiger partial charge in [-0.25, -0.2) is 0 Å². The number of rotatable bonds is 5. The van der Waals surface area contributed by atoms with E-state index >= 15 is 0 Å². The summed E-state index contributed by atoms with van der Waals surface area (Å²) in [6.45, 7) is 0.694. The number of carbonyl (C=O) groups is 1. The lowest BCUT2D eigenvalue weighted by Crippen LogP contribution is -2.38. The molecule has 0 unspecified atom stereocenters. The summed E-state index contributed by atoms with van der Waals surface area (Å²) >= 11 is 5.95. The van der Waals surface area contributed by atoms with Crippen LogP contribution in [0, 0.1) is 5.92 Å². The monoisotopic (exact) mass is 427 g/mol. The van der Waals surface area contributed by atoms with Crippen LogP contribution in [0.5, 0.6) is 0 Å². The normalized spacial score (nSPS) is 22.5. The molecule has 2 saturated carbocycles. The number of alkyl halides is 3. The number of amides is 1. The predicted octanol–water partition coefficient (Wildman–Crippen LogP) is 4.21. The SMILES string of the molecule is O=C(N[C@H]1CC[C@H](Cn2nnc(C3CC3)n2)CC1)c1cc(C(F)(F)F)ccc1Cl. The smallest absolute Gasteiger partial charge is 0.349 e. The fourth-order valence-corrected chi connectivity index (χ4v) is 3.90. The minimum absolute atomic E-state index is 0.00732.